The number of aromatic nitrogens is 2. The first-order valence-corrected chi connectivity index (χ1v) is 8.58. The topological polar surface area (TPSA) is 75.3 Å². The number of nitrogens with zero attached hydrogens (tertiary/aromatic N) is 2. The maximum atomic E-state index is 13.0. The molecule has 0 aromatic carbocycles. The maximum absolute atomic E-state index is 13.0. The zero-order chi connectivity index (χ0) is 14.3. The molecule has 3 rings (SSSR count). The smallest absolute Gasteiger partial charge is 0.247 e. The molecule has 2 aliphatic rings. The van der Waals surface area contributed by atoms with E-state index >= 15 is 0 Å². The maximum Gasteiger partial charge on any atom is 0.247 e. The van der Waals surface area contributed by atoms with Gasteiger partial charge >= 0.3 is 0 Å². The highest BCUT2D eigenvalue weighted by Crippen LogP contribution is 2.37. The van der Waals surface area contributed by atoms with E-state index < -0.39 is 10.0 Å². The normalized spacial score (nSPS) is 21.6. The molecule has 2 heterocycles. The van der Waals surface area contributed by atoms with Crippen LogP contribution in [0.15, 0.2) is 4.90 Å². The van der Waals surface area contributed by atoms with Crippen molar-refractivity contribution in [1.82, 2.24) is 14.5 Å². The van der Waals surface area contributed by atoms with Gasteiger partial charge in [-0.15, -0.1) is 0 Å². The lowest BCUT2D eigenvalue weighted by Gasteiger charge is -2.33. The molecule has 0 radical (unpaired) electrons. The van der Waals surface area contributed by atoms with E-state index in [1.54, 1.807) is 18.2 Å². The van der Waals surface area contributed by atoms with Crippen molar-refractivity contribution in [2.45, 2.75) is 56.5 Å². The molecule has 1 aliphatic heterocycles. The average molecular weight is 299 g/mol. The van der Waals surface area contributed by atoms with E-state index in [1.165, 1.54) is 0 Å². The summed E-state index contributed by atoms with van der Waals surface area (Å²) in [5.74, 6) is 0. The second-order valence-electron chi connectivity index (χ2n) is 5.67. The third-order valence-corrected chi connectivity index (χ3v) is 6.32. The van der Waals surface area contributed by atoms with Crippen LogP contribution in [0.5, 0.6) is 0 Å². The van der Waals surface area contributed by atoms with Gasteiger partial charge in [0, 0.05) is 25.3 Å². The van der Waals surface area contributed by atoms with Crippen molar-refractivity contribution < 1.29 is 13.2 Å². The number of ether oxygens (including phenoxy) is 1. The van der Waals surface area contributed by atoms with Crippen LogP contribution in [0.1, 0.15) is 37.1 Å². The minimum absolute atomic E-state index is 0.0648. The fourth-order valence-corrected chi connectivity index (χ4v) is 5.25. The van der Waals surface area contributed by atoms with E-state index in [0.717, 1.165) is 25.7 Å². The van der Waals surface area contributed by atoms with Crippen LogP contribution in [0.2, 0.25) is 0 Å². The van der Waals surface area contributed by atoms with Gasteiger partial charge in [-0.05, 0) is 39.5 Å². The summed E-state index contributed by atoms with van der Waals surface area (Å²) in [4.78, 5) is 0.357. The van der Waals surface area contributed by atoms with Gasteiger partial charge in [-0.25, -0.2) is 8.42 Å². The van der Waals surface area contributed by atoms with Crippen molar-refractivity contribution in [2.24, 2.45) is 0 Å². The van der Waals surface area contributed by atoms with Crippen LogP contribution in [0, 0.1) is 13.8 Å². The number of rotatable bonds is 4. The summed E-state index contributed by atoms with van der Waals surface area (Å²) in [6.45, 7) is 4.80. The summed E-state index contributed by atoms with van der Waals surface area (Å²) < 4.78 is 33.2. The number of H-pyrrole nitrogens is 1. The number of sulfonamides is 1. The molecule has 7 heteroatoms. The molecule has 1 saturated heterocycles. The van der Waals surface area contributed by atoms with E-state index in [2.05, 4.69) is 10.2 Å². The molecule has 0 unspecified atom stereocenters. The molecular weight excluding hydrogens is 278 g/mol. The first-order valence-electron chi connectivity index (χ1n) is 7.14. The molecule has 1 aliphatic carbocycles. The lowest BCUT2D eigenvalue weighted by Crippen LogP contribution is -2.45. The van der Waals surface area contributed by atoms with Gasteiger partial charge in [0.2, 0.25) is 10.0 Å². The predicted octanol–water partition coefficient (Wildman–Crippen LogP) is 1.36. The Morgan fingerprint density at radius 2 is 1.75 bits per heavy atom. The van der Waals surface area contributed by atoms with Gasteiger partial charge in [0.05, 0.1) is 11.4 Å². The molecule has 1 aromatic rings. The van der Waals surface area contributed by atoms with Gasteiger partial charge in [0.1, 0.15) is 4.90 Å². The van der Waals surface area contributed by atoms with Crippen molar-refractivity contribution in [3.63, 3.8) is 0 Å². The quantitative estimate of drug-likeness (QED) is 0.911. The summed E-state index contributed by atoms with van der Waals surface area (Å²) in [7, 11) is -3.47. The standard InChI is InChI=1S/C13H21N3O3S/c1-9-13(10(2)15-14-9)20(17,18)16(11-3-4-11)12-5-7-19-8-6-12/h11-12H,3-8H2,1-2H3,(H,14,15). The van der Waals surface area contributed by atoms with E-state index in [9.17, 15) is 8.42 Å². The molecule has 0 bridgehead atoms. The Hall–Kier alpha value is -0.920. The van der Waals surface area contributed by atoms with Gasteiger partial charge in [-0.2, -0.15) is 9.40 Å². The third kappa shape index (κ3) is 2.38. The molecule has 20 heavy (non-hydrogen) atoms. The summed E-state index contributed by atoms with van der Waals surface area (Å²) in [5.41, 5.74) is 1.18. The molecule has 6 nitrogen and oxygen atoms in total. The van der Waals surface area contributed by atoms with Crippen LogP contribution in [0.25, 0.3) is 0 Å². The van der Waals surface area contributed by atoms with Crippen molar-refractivity contribution in [2.75, 3.05) is 13.2 Å². The molecule has 1 N–H and O–H groups in total. The number of hydrogen-bond acceptors (Lipinski definition) is 4. The van der Waals surface area contributed by atoms with Crippen LogP contribution in [0.3, 0.4) is 0 Å². The van der Waals surface area contributed by atoms with Crippen molar-refractivity contribution in [3.8, 4) is 0 Å². The molecule has 0 atom stereocenters. The average Bonchev–Trinajstić information content (AvgIpc) is 3.16. The fraction of sp³-hybridized carbons (Fsp3) is 0.769. The highest BCUT2D eigenvalue weighted by molar-refractivity contribution is 7.89. The minimum atomic E-state index is -3.47. The Kier molecular flexibility index (Phi) is 3.60. The van der Waals surface area contributed by atoms with Gasteiger partial charge < -0.3 is 4.74 Å². The van der Waals surface area contributed by atoms with Gasteiger partial charge in [-0.3, -0.25) is 5.10 Å². The highest BCUT2D eigenvalue weighted by Gasteiger charge is 2.44. The zero-order valence-corrected chi connectivity index (χ0v) is 12.7. The molecule has 0 spiro atoms. The summed E-state index contributed by atoms with van der Waals surface area (Å²) in [5, 5.41) is 6.81. The van der Waals surface area contributed by atoms with E-state index in [-0.39, 0.29) is 12.1 Å². The van der Waals surface area contributed by atoms with Gasteiger partial charge in [0.25, 0.3) is 0 Å². The largest absolute Gasteiger partial charge is 0.381 e. The van der Waals surface area contributed by atoms with Gasteiger partial charge in [-0.1, -0.05) is 0 Å². The molecule has 1 saturated carbocycles. The zero-order valence-electron chi connectivity index (χ0n) is 11.9. The number of aryl methyl sites for hydroxylation is 2. The Balaban J connectivity index is 1.98. The first kappa shape index (κ1) is 14.0. The molecule has 112 valence electrons. The summed E-state index contributed by atoms with van der Waals surface area (Å²) in [6.07, 6.45) is 3.50. The predicted molar refractivity (Wildman–Crippen MR) is 73.9 cm³/mol. The molecule has 2 fully saturated rings. The summed E-state index contributed by atoms with van der Waals surface area (Å²) >= 11 is 0. The van der Waals surface area contributed by atoms with Crippen LogP contribution in [-0.2, 0) is 14.8 Å². The van der Waals surface area contributed by atoms with E-state index in [1.807, 2.05) is 0 Å². The summed E-state index contributed by atoms with van der Waals surface area (Å²) in [6, 6.07) is 0.228. The Morgan fingerprint density at radius 1 is 1.15 bits per heavy atom. The van der Waals surface area contributed by atoms with E-state index in [0.29, 0.717) is 29.5 Å². The number of aromatic amines is 1. The van der Waals surface area contributed by atoms with Crippen LogP contribution in [-0.4, -0.2) is 48.2 Å². The Morgan fingerprint density at radius 3 is 2.25 bits per heavy atom. The Labute approximate surface area is 119 Å². The van der Waals surface area contributed by atoms with Crippen molar-refractivity contribution in [3.05, 3.63) is 11.4 Å². The molecule has 0 amide bonds. The lowest BCUT2D eigenvalue weighted by molar-refractivity contribution is 0.0569. The second-order valence-corrected chi connectivity index (χ2v) is 7.45. The number of hydrogen-bond donors (Lipinski definition) is 1. The SMILES string of the molecule is Cc1n[nH]c(C)c1S(=O)(=O)N(C1CCOCC1)C1CC1. The Bertz CT molecular complexity index is 567. The van der Waals surface area contributed by atoms with Crippen molar-refractivity contribution in [1.29, 1.82) is 0 Å². The third-order valence-electron chi connectivity index (χ3n) is 4.05. The van der Waals surface area contributed by atoms with Crippen LogP contribution >= 0.6 is 0 Å². The monoisotopic (exact) mass is 299 g/mol. The molecular formula is C13H21N3O3S. The fourth-order valence-electron chi connectivity index (χ4n) is 2.99. The first-order chi connectivity index (χ1) is 9.51. The van der Waals surface area contributed by atoms with Gasteiger partial charge in [0.15, 0.2) is 0 Å². The minimum Gasteiger partial charge on any atom is -0.381 e. The lowest BCUT2D eigenvalue weighted by atomic mass is 10.1. The number of nitrogens with one attached hydrogen (secondary N) is 1. The van der Waals surface area contributed by atoms with Crippen LogP contribution in [0.4, 0.5) is 0 Å². The highest BCUT2D eigenvalue weighted by atomic mass is 32.2. The van der Waals surface area contributed by atoms with E-state index in [4.69, 9.17) is 4.74 Å². The second kappa shape index (κ2) is 5.13. The van der Waals surface area contributed by atoms with Crippen molar-refractivity contribution >= 4 is 10.0 Å². The van der Waals surface area contributed by atoms with Crippen LogP contribution < -0.4 is 0 Å². The molecule has 1 aromatic heterocycles.